The molecule has 1 spiro atoms. The summed E-state index contributed by atoms with van der Waals surface area (Å²) >= 11 is 0. The van der Waals surface area contributed by atoms with Gasteiger partial charge in [-0.05, 0) is 79.5 Å². The van der Waals surface area contributed by atoms with Crippen molar-refractivity contribution in [2.45, 2.75) is 77.6 Å². The van der Waals surface area contributed by atoms with Crippen LogP contribution in [-0.4, -0.2) is 63.9 Å². The smallest absolute Gasteiger partial charge is 0.0642 e. The largest absolute Gasteiger partial charge is 0.378 e. The zero-order chi connectivity index (χ0) is 22.7. The predicted molar refractivity (Wildman–Crippen MR) is 147 cm³/mol. The highest BCUT2D eigenvalue weighted by Gasteiger charge is 2.37. The molecule has 0 atom stereocenters. The van der Waals surface area contributed by atoms with Crippen LogP contribution in [0.5, 0.6) is 0 Å². The zero-order valence-corrected chi connectivity index (χ0v) is 22.6. The van der Waals surface area contributed by atoms with Crippen molar-refractivity contribution in [3.63, 3.8) is 0 Å². The minimum Gasteiger partial charge on any atom is -0.378 e. The van der Waals surface area contributed by atoms with E-state index in [2.05, 4.69) is 46.7 Å². The van der Waals surface area contributed by atoms with Crippen LogP contribution in [0.15, 0.2) is 18.2 Å². The molecular weight excluding hydrogens is 442 g/mol. The van der Waals surface area contributed by atoms with Gasteiger partial charge in [-0.1, -0.05) is 33.1 Å². The van der Waals surface area contributed by atoms with Gasteiger partial charge < -0.3 is 14.5 Å². The van der Waals surface area contributed by atoms with Crippen LogP contribution in [0, 0.1) is 11.3 Å². The van der Waals surface area contributed by atoms with E-state index in [0.717, 1.165) is 38.1 Å². The molecule has 0 unspecified atom stereocenters. The van der Waals surface area contributed by atoms with Gasteiger partial charge in [-0.2, -0.15) is 0 Å². The Balaban J connectivity index is 0.00000274. The first-order valence-electron chi connectivity index (χ1n) is 14.1. The molecule has 2 aliphatic carbocycles. The Hall–Kier alpha value is -0.970. The Morgan fingerprint density at radius 3 is 2.18 bits per heavy atom. The summed E-state index contributed by atoms with van der Waals surface area (Å²) in [5, 5.41) is 0. The fourth-order valence-electron chi connectivity index (χ4n) is 7.21. The first kappa shape index (κ1) is 26.1. The van der Waals surface area contributed by atoms with Crippen molar-refractivity contribution in [3.05, 3.63) is 23.8 Å². The molecule has 4 aliphatic rings. The maximum Gasteiger partial charge on any atom is 0.0642 e. The summed E-state index contributed by atoms with van der Waals surface area (Å²) in [6.45, 7) is 14.5. The number of hydrogen-bond donors (Lipinski definition) is 0. The molecule has 2 saturated heterocycles. The Labute approximate surface area is 214 Å². The van der Waals surface area contributed by atoms with Gasteiger partial charge in [-0.25, -0.2) is 0 Å². The minimum atomic E-state index is 0. The van der Waals surface area contributed by atoms with E-state index in [0.29, 0.717) is 5.41 Å². The van der Waals surface area contributed by atoms with E-state index in [1.165, 1.54) is 96.2 Å². The van der Waals surface area contributed by atoms with Gasteiger partial charge in [0, 0.05) is 57.2 Å². The maximum absolute atomic E-state index is 5.63. The number of piperazine rings is 1. The molecule has 0 radical (unpaired) electrons. The van der Waals surface area contributed by atoms with Crippen molar-refractivity contribution < 1.29 is 4.74 Å². The lowest BCUT2D eigenvalue weighted by molar-refractivity contribution is 0.114. The van der Waals surface area contributed by atoms with Crippen LogP contribution in [0.1, 0.15) is 83.1 Å². The van der Waals surface area contributed by atoms with Crippen LogP contribution in [0.4, 0.5) is 11.4 Å². The molecule has 0 N–H and O–H groups in total. The van der Waals surface area contributed by atoms with Crippen LogP contribution in [0.2, 0.25) is 0 Å². The van der Waals surface area contributed by atoms with Crippen molar-refractivity contribution in [3.8, 4) is 0 Å². The standard InChI is InChI=1S/C29H47N3O.ClH/c1-24(2)23-30-14-16-32(17-15-30)28-7-6-26(31-18-20-33-21-19-31)22-27(28)25-8-12-29(13-9-25)10-4-3-5-11-29;/h6-7,22,24-25H,3-5,8-21,23H2,1-2H3;1H. The molecule has 0 aromatic heterocycles. The van der Waals surface area contributed by atoms with E-state index in [-0.39, 0.29) is 12.4 Å². The van der Waals surface area contributed by atoms with Gasteiger partial charge in [0.1, 0.15) is 0 Å². The molecule has 2 saturated carbocycles. The number of anilines is 2. The van der Waals surface area contributed by atoms with Crippen LogP contribution in [0.25, 0.3) is 0 Å². The summed E-state index contributed by atoms with van der Waals surface area (Å²) in [7, 11) is 0. The van der Waals surface area contributed by atoms with E-state index < -0.39 is 0 Å². The van der Waals surface area contributed by atoms with Crippen LogP contribution in [0.3, 0.4) is 0 Å². The fraction of sp³-hybridized carbons (Fsp3) is 0.793. The number of hydrogen-bond acceptors (Lipinski definition) is 4. The van der Waals surface area contributed by atoms with Crippen molar-refractivity contribution in [1.82, 2.24) is 4.90 Å². The number of benzene rings is 1. The summed E-state index contributed by atoms with van der Waals surface area (Å²) in [5.74, 6) is 1.50. The summed E-state index contributed by atoms with van der Waals surface area (Å²) in [4.78, 5) is 7.92. The minimum absolute atomic E-state index is 0. The van der Waals surface area contributed by atoms with Gasteiger partial charge in [0.2, 0.25) is 0 Å². The summed E-state index contributed by atoms with van der Waals surface area (Å²) in [6, 6.07) is 7.46. The van der Waals surface area contributed by atoms with E-state index in [4.69, 9.17) is 4.74 Å². The Kier molecular flexibility index (Phi) is 9.09. The molecule has 1 aromatic carbocycles. The number of rotatable bonds is 5. The van der Waals surface area contributed by atoms with E-state index in [1.54, 1.807) is 11.3 Å². The monoisotopic (exact) mass is 489 g/mol. The van der Waals surface area contributed by atoms with Crippen molar-refractivity contribution in [1.29, 1.82) is 0 Å². The van der Waals surface area contributed by atoms with Crippen molar-refractivity contribution >= 4 is 23.8 Å². The molecule has 4 nitrogen and oxygen atoms in total. The predicted octanol–water partition coefficient (Wildman–Crippen LogP) is 6.33. The lowest BCUT2D eigenvalue weighted by Crippen LogP contribution is -2.47. The molecule has 2 heterocycles. The molecule has 34 heavy (non-hydrogen) atoms. The maximum atomic E-state index is 5.63. The molecule has 1 aromatic rings. The summed E-state index contributed by atoms with van der Waals surface area (Å²) < 4.78 is 5.63. The fourth-order valence-corrected chi connectivity index (χ4v) is 7.21. The Morgan fingerprint density at radius 1 is 0.853 bits per heavy atom. The third kappa shape index (κ3) is 6.05. The number of nitrogens with zero attached hydrogens (tertiary/aromatic N) is 3. The lowest BCUT2D eigenvalue weighted by Gasteiger charge is -2.44. The Morgan fingerprint density at radius 2 is 1.53 bits per heavy atom. The normalized spacial score (nSPS) is 24.4. The van der Waals surface area contributed by atoms with Crippen LogP contribution in [-0.2, 0) is 4.74 Å². The lowest BCUT2D eigenvalue weighted by atomic mass is 9.62. The summed E-state index contributed by atoms with van der Waals surface area (Å²) in [5.41, 5.74) is 5.32. The van der Waals surface area contributed by atoms with Gasteiger partial charge in [0.15, 0.2) is 0 Å². The van der Waals surface area contributed by atoms with Gasteiger partial charge in [0.05, 0.1) is 13.2 Å². The van der Waals surface area contributed by atoms with Gasteiger partial charge in [0.25, 0.3) is 0 Å². The van der Waals surface area contributed by atoms with E-state index >= 15 is 0 Å². The zero-order valence-electron chi connectivity index (χ0n) is 21.8. The molecule has 4 fully saturated rings. The molecule has 2 aliphatic heterocycles. The van der Waals surface area contributed by atoms with Gasteiger partial charge >= 0.3 is 0 Å². The Bertz CT molecular complexity index is 755. The number of ether oxygens (including phenoxy) is 1. The average Bonchev–Trinajstić information content (AvgIpc) is 2.85. The average molecular weight is 490 g/mol. The number of morpholine rings is 1. The topological polar surface area (TPSA) is 19.0 Å². The first-order chi connectivity index (χ1) is 16.1. The van der Waals surface area contributed by atoms with Gasteiger partial charge in [-0.3, -0.25) is 4.90 Å². The molecule has 5 heteroatoms. The molecule has 192 valence electrons. The second-order valence-electron chi connectivity index (χ2n) is 11.9. The highest BCUT2D eigenvalue weighted by molar-refractivity contribution is 5.85. The molecule has 0 bridgehead atoms. The van der Waals surface area contributed by atoms with Crippen LogP contribution < -0.4 is 9.80 Å². The van der Waals surface area contributed by atoms with Gasteiger partial charge in [-0.15, -0.1) is 12.4 Å². The first-order valence-corrected chi connectivity index (χ1v) is 14.1. The SMILES string of the molecule is CC(C)CN1CCN(c2ccc(N3CCOCC3)cc2C2CCC3(CCCCC3)CC2)CC1.Cl. The highest BCUT2D eigenvalue weighted by atomic mass is 35.5. The molecular formula is C29H48ClN3O. The van der Waals surface area contributed by atoms with E-state index in [1.807, 2.05) is 0 Å². The van der Waals surface area contributed by atoms with Crippen molar-refractivity contribution in [2.24, 2.45) is 11.3 Å². The van der Waals surface area contributed by atoms with E-state index in [9.17, 15) is 0 Å². The third-order valence-corrected chi connectivity index (χ3v) is 9.12. The van der Waals surface area contributed by atoms with Crippen LogP contribution >= 0.6 is 12.4 Å². The van der Waals surface area contributed by atoms with Crippen molar-refractivity contribution in [2.75, 3.05) is 68.8 Å². The summed E-state index contributed by atoms with van der Waals surface area (Å²) in [6.07, 6.45) is 13.1. The second kappa shape index (κ2) is 11.8. The second-order valence-corrected chi connectivity index (χ2v) is 11.9. The molecule has 0 amide bonds. The quantitative estimate of drug-likeness (QED) is 0.480. The third-order valence-electron chi connectivity index (χ3n) is 9.12. The number of halogens is 1. The molecule has 5 rings (SSSR count). The highest BCUT2D eigenvalue weighted by Crippen LogP contribution is 2.52.